The summed E-state index contributed by atoms with van der Waals surface area (Å²) in [6, 6.07) is 5.55. The van der Waals surface area contributed by atoms with Crippen LogP contribution in [0.5, 0.6) is 0 Å². The molecule has 3 nitrogen and oxygen atoms in total. The quantitative estimate of drug-likeness (QED) is 0.776. The van der Waals surface area contributed by atoms with Crippen molar-refractivity contribution in [1.29, 1.82) is 0 Å². The van der Waals surface area contributed by atoms with Crippen molar-refractivity contribution in [2.75, 3.05) is 26.8 Å². The maximum atomic E-state index is 12.9. The van der Waals surface area contributed by atoms with E-state index in [9.17, 15) is 9.18 Å². The van der Waals surface area contributed by atoms with Crippen molar-refractivity contribution in [3.63, 3.8) is 0 Å². The van der Waals surface area contributed by atoms with Crippen molar-refractivity contribution < 1.29 is 13.9 Å². The van der Waals surface area contributed by atoms with Gasteiger partial charge in [-0.05, 0) is 57.0 Å². The van der Waals surface area contributed by atoms with Gasteiger partial charge < -0.3 is 4.74 Å². The second-order valence-corrected chi connectivity index (χ2v) is 5.57. The van der Waals surface area contributed by atoms with Crippen LogP contribution in [0.3, 0.4) is 0 Å². The average Bonchev–Trinajstić information content (AvgIpc) is 2.47. The van der Waals surface area contributed by atoms with Crippen LogP contribution in [-0.2, 0) is 4.74 Å². The number of carbonyl (C=O) groups is 1. The van der Waals surface area contributed by atoms with Gasteiger partial charge in [0, 0.05) is 18.7 Å². The van der Waals surface area contributed by atoms with Crippen LogP contribution in [-0.4, -0.2) is 43.5 Å². The summed E-state index contributed by atoms with van der Waals surface area (Å²) in [5, 5.41) is 0. The fourth-order valence-electron chi connectivity index (χ4n) is 2.57. The standard InChI is InChI=1S/C16H22FNO2/c1-12(16(19)14-5-7-15(17)8-6-14)18(2)10-13-4-3-9-20-11-13/h5-8,12-13H,3-4,9-11H2,1-2H3. The van der Waals surface area contributed by atoms with E-state index in [1.54, 1.807) is 12.1 Å². The number of halogens is 1. The Morgan fingerprint density at radius 1 is 1.45 bits per heavy atom. The molecule has 0 aliphatic carbocycles. The van der Waals surface area contributed by atoms with Gasteiger partial charge in [-0.3, -0.25) is 9.69 Å². The lowest BCUT2D eigenvalue weighted by atomic mass is 9.99. The Morgan fingerprint density at radius 2 is 2.15 bits per heavy atom. The summed E-state index contributed by atoms with van der Waals surface area (Å²) in [7, 11) is 1.96. The molecule has 1 fully saturated rings. The maximum Gasteiger partial charge on any atom is 0.179 e. The van der Waals surface area contributed by atoms with E-state index in [-0.39, 0.29) is 17.6 Å². The van der Waals surface area contributed by atoms with E-state index in [4.69, 9.17) is 4.74 Å². The molecule has 0 N–H and O–H groups in total. The van der Waals surface area contributed by atoms with Gasteiger partial charge in [-0.15, -0.1) is 0 Å². The molecular weight excluding hydrogens is 257 g/mol. The minimum absolute atomic E-state index is 0.0317. The van der Waals surface area contributed by atoms with Crippen LogP contribution in [0.2, 0.25) is 0 Å². The summed E-state index contributed by atoms with van der Waals surface area (Å²) in [6.07, 6.45) is 2.25. The molecule has 20 heavy (non-hydrogen) atoms. The van der Waals surface area contributed by atoms with Crippen molar-refractivity contribution >= 4 is 5.78 Å². The zero-order chi connectivity index (χ0) is 14.5. The van der Waals surface area contributed by atoms with Crippen LogP contribution in [0.4, 0.5) is 4.39 Å². The minimum atomic E-state index is -0.318. The van der Waals surface area contributed by atoms with Crippen molar-refractivity contribution in [2.45, 2.75) is 25.8 Å². The monoisotopic (exact) mass is 279 g/mol. The number of hydrogen-bond acceptors (Lipinski definition) is 3. The van der Waals surface area contributed by atoms with Gasteiger partial charge in [0.1, 0.15) is 5.82 Å². The lowest BCUT2D eigenvalue weighted by molar-refractivity contribution is 0.0364. The smallest absolute Gasteiger partial charge is 0.179 e. The molecule has 1 aliphatic rings. The summed E-state index contributed by atoms with van der Waals surface area (Å²) in [5.41, 5.74) is 0.561. The molecule has 0 amide bonds. The SMILES string of the molecule is CC(C(=O)c1ccc(F)cc1)N(C)CC1CCCOC1. The molecule has 2 unspecified atom stereocenters. The molecule has 0 bridgehead atoms. The molecule has 0 spiro atoms. The highest BCUT2D eigenvalue weighted by Gasteiger charge is 2.23. The lowest BCUT2D eigenvalue weighted by Gasteiger charge is -2.30. The van der Waals surface area contributed by atoms with Gasteiger partial charge >= 0.3 is 0 Å². The highest BCUT2D eigenvalue weighted by atomic mass is 19.1. The van der Waals surface area contributed by atoms with Crippen LogP contribution in [0.1, 0.15) is 30.1 Å². The normalized spacial score (nSPS) is 20.9. The molecular formula is C16H22FNO2. The summed E-state index contributed by atoms with van der Waals surface area (Å²) >= 11 is 0. The average molecular weight is 279 g/mol. The van der Waals surface area contributed by atoms with Gasteiger partial charge in [0.15, 0.2) is 5.78 Å². The first-order chi connectivity index (χ1) is 9.58. The van der Waals surface area contributed by atoms with E-state index in [1.807, 2.05) is 14.0 Å². The molecule has 110 valence electrons. The molecule has 0 saturated carbocycles. The van der Waals surface area contributed by atoms with E-state index in [2.05, 4.69) is 4.90 Å². The second-order valence-electron chi connectivity index (χ2n) is 5.57. The van der Waals surface area contributed by atoms with Crippen molar-refractivity contribution in [3.8, 4) is 0 Å². The van der Waals surface area contributed by atoms with Crippen LogP contribution in [0, 0.1) is 11.7 Å². The summed E-state index contributed by atoms with van der Waals surface area (Å²) in [6.45, 7) is 4.38. The van der Waals surface area contributed by atoms with Gasteiger partial charge in [0.25, 0.3) is 0 Å². The zero-order valence-corrected chi connectivity index (χ0v) is 12.1. The van der Waals surface area contributed by atoms with E-state index in [1.165, 1.54) is 12.1 Å². The first kappa shape index (κ1) is 15.1. The van der Waals surface area contributed by atoms with Crippen LogP contribution < -0.4 is 0 Å². The molecule has 4 heteroatoms. The van der Waals surface area contributed by atoms with Crippen molar-refractivity contribution in [2.24, 2.45) is 5.92 Å². The fraction of sp³-hybridized carbons (Fsp3) is 0.562. The van der Waals surface area contributed by atoms with Crippen LogP contribution in [0.15, 0.2) is 24.3 Å². The van der Waals surface area contributed by atoms with Crippen LogP contribution >= 0.6 is 0 Å². The molecule has 2 rings (SSSR count). The number of hydrogen-bond donors (Lipinski definition) is 0. The largest absolute Gasteiger partial charge is 0.381 e. The molecule has 0 aromatic heterocycles. The number of carbonyl (C=O) groups excluding carboxylic acids is 1. The number of benzene rings is 1. The third-order valence-corrected chi connectivity index (χ3v) is 3.97. The zero-order valence-electron chi connectivity index (χ0n) is 12.1. The Morgan fingerprint density at radius 3 is 2.75 bits per heavy atom. The fourth-order valence-corrected chi connectivity index (χ4v) is 2.57. The topological polar surface area (TPSA) is 29.5 Å². The Kier molecular flexibility index (Phi) is 5.26. The third kappa shape index (κ3) is 3.87. The number of Topliss-reactive ketones (excluding diaryl/α,β-unsaturated/α-hetero) is 1. The van der Waals surface area contributed by atoms with Gasteiger partial charge in [-0.1, -0.05) is 0 Å². The van der Waals surface area contributed by atoms with Gasteiger partial charge in [0.2, 0.25) is 0 Å². The Bertz CT molecular complexity index is 440. The predicted octanol–water partition coefficient (Wildman–Crippen LogP) is 2.76. The molecule has 1 heterocycles. The Labute approximate surface area is 119 Å². The number of ether oxygens (including phenoxy) is 1. The molecule has 2 atom stereocenters. The van der Waals surface area contributed by atoms with E-state index in [0.29, 0.717) is 11.5 Å². The Balaban J connectivity index is 1.93. The molecule has 1 aliphatic heterocycles. The lowest BCUT2D eigenvalue weighted by Crippen LogP contribution is -2.40. The van der Waals surface area contributed by atoms with Gasteiger partial charge in [-0.25, -0.2) is 4.39 Å². The third-order valence-electron chi connectivity index (χ3n) is 3.97. The van der Waals surface area contributed by atoms with Gasteiger partial charge in [-0.2, -0.15) is 0 Å². The van der Waals surface area contributed by atoms with E-state index >= 15 is 0 Å². The molecule has 1 aromatic carbocycles. The van der Waals surface area contributed by atoms with Crippen LogP contribution in [0.25, 0.3) is 0 Å². The van der Waals surface area contributed by atoms with Crippen molar-refractivity contribution in [3.05, 3.63) is 35.6 Å². The van der Waals surface area contributed by atoms with E-state index in [0.717, 1.165) is 32.6 Å². The predicted molar refractivity (Wildman–Crippen MR) is 76.4 cm³/mol. The molecule has 1 saturated heterocycles. The van der Waals surface area contributed by atoms with E-state index < -0.39 is 0 Å². The second kappa shape index (κ2) is 6.95. The molecule has 1 aromatic rings. The number of rotatable bonds is 5. The summed E-state index contributed by atoms with van der Waals surface area (Å²) in [5.74, 6) is 0.211. The highest BCUT2D eigenvalue weighted by Crippen LogP contribution is 2.17. The first-order valence-corrected chi connectivity index (χ1v) is 7.15. The maximum absolute atomic E-state index is 12.9. The first-order valence-electron chi connectivity index (χ1n) is 7.15. The number of likely N-dealkylation sites (N-methyl/N-ethyl adjacent to an activating group) is 1. The summed E-state index contributed by atoms with van der Waals surface area (Å²) in [4.78, 5) is 14.4. The minimum Gasteiger partial charge on any atom is -0.381 e. The number of ketones is 1. The van der Waals surface area contributed by atoms with Crippen molar-refractivity contribution in [1.82, 2.24) is 4.90 Å². The van der Waals surface area contributed by atoms with Gasteiger partial charge in [0.05, 0.1) is 12.6 Å². The summed E-state index contributed by atoms with van der Waals surface area (Å²) < 4.78 is 18.4. The number of nitrogens with zero attached hydrogens (tertiary/aromatic N) is 1. The highest BCUT2D eigenvalue weighted by molar-refractivity contribution is 5.99. The Hall–Kier alpha value is -1.26. The molecule has 0 radical (unpaired) electrons.